The number of amides is 1. The summed E-state index contributed by atoms with van der Waals surface area (Å²) in [5, 5.41) is 1.13. The third-order valence-corrected chi connectivity index (χ3v) is 1.98. The van der Waals surface area contributed by atoms with E-state index < -0.39 is 5.97 Å². The van der Waals surface area contributed by atoms with E-state index in [1.54, 1.807) is 19.9 Å². The Bertz CT molecular complexity index is 258. The van der Waals surface area contributed by atoms with Gasteiger partial charge in [0.2, 0.25) is 0 Å². The van der Waals surface area contributed by atoms with E-state index in [4.69, 9.17) is 4.84 Å². The van der Waals surface area contributed by atoms with Crippen LogP contribution >= 0.6 is 0 Å². The van der Waals surface area contributed by atoms with Crippen molar-refractivity contribution in [3.05, 3.63) is 11.6 Å². The van der Waals surface area contributed by atoms with Gasteiger partial charge in [0, 0.05) is 12.0 Å². The van der Waals surface area contributed by atoms with Crippen molar-refractivity contribution in [3.8, 4) is 0 Å². The van der Waals surface area contributed by atoms with Crippen LogP contribution in [0.1, 0.15) is 26.7 Å². The van der Waals surface area contributed by atoms with Crippen LogP contribution in [0.3, 0.4) is 0 Å². The second-order valence-electron chi connectivity index (χ2n) is 2.95. The monoisotopic (exact) mass is 183 g/mol. The van der Waals surface area contributed by atoms with E-state index in [-0.39, 0.29) is 5.91 Å². The van der Waals surface area contributed by atoms with Crippen molar-refractivity contribution < 1.29 is 14.4 Å². The molecule has 1 fully saturated rings. The largest absolute Gasteiger partial charge is 0.358 e. The summed E-state index contributed by atoms with van der Waals surface area (Å²) in [5.74, 6) is -0.560. The van der Waals surface area contributed by atoms with E-state index in [0.717, 1.165) is 11.5 Å². The van der Waals surface area contributed by atoms with E-state index >= 15 is 0 Å². The maximum Gasteiger partial charge on any atom is 0.358 e. The van der Waals surface area contributed by atoms with Crippen LogP contribution in [-0.4, -0.2) is 23.5 Å². The second kappa shape index (κ2) is 4.07. The van der Waals surface area contributed by atoms with Crippen LogP contribution in [0.15, 0.2) is 11.6 Å². The van der Waals surface area contributed by atoms with Crippen LogP contribution in [0.4, 0.5) is 0 Å². The molecule has 1 aliphatic rings. The lowest BCUT2D eigenvalue weighted by molar-refractivity contribution is -0.189. The number of hydrogen-bond acceptors (Lipinski definition) is 3. The van der Waals surface area contributed by atoms with Crippen LogP contribution < -0.4 is 0 Å². The summed E-state index contributed by atoms with van der Waals surface area (Å²) in [4.78, 5) is 27.1. The fraction of sp³-hybridized carbons (Fsp3) is 0.556. The second-order valence-corrected chi connectivity index (χ2v) is 2.95. The maximum atomic E-state index is 11.2. The van der Waals surface area contributed by atoms with E-state index in [2.05, 4.69) is 0 Å². The van der Waals surface area contributed by atoms with Gasteiger partial charge in [-0.25, -0.2) is 4.79 Å². The van der Waals surface area contributed by atoms with Gasteiger partial charge in [0.1, 0.15) is 0 Å². The molecule has 0 spiro atoms. The molecule has 0 saturated carbocycles. The minimum absolute atomic E-state index is 0.114. The van der Waals surface area contributed by atoms with Crippen LogP contribution in [0.5, 0.6) is 0 Å². The zero-order valence-electron chi connectivity index (χ0n) is 7.87. The molecule has 4 nitrogen and oxygen atoms in total. The molecule has 0 atom stereocenters. The first-order chi connectivity index (χ1) is 6.15. The highest BCUT2D eigenvalue weighted by molar-refractivity contribution is 5.89. The Morgan fingerprint density at radius 3 is 2.77 bits per heavy atom. The predicted molar refractivity (Wildman–Crippen MR) is 46.5 cm³/mol. The van der Waals surface area contributed by atoms with E-state index in [1.807, 2.05) is 0 Å². The number of carbonyl (C=O) groups excluding carboxylic acids is 2. The lowest BCUT2D eigenvalue weighted by Gasteiger charge is -2.14. The molecule has 4 heteroatoms. The standard InChI is InChI=1S/C9H13NO3/c1-3-7(2)9(12)13-10-6-4-5-8(10)11/h3H,4-6H2,1-2H3. The number of carbonyl (C=O) groups is 2. The van der Waals surface area contributed by atoms with E-state index in [9.17, 15) is 9.59 Å². The average molecular weight is 183 g/mol. The van der Waals surface area contributed by atoms with Crippen molar-refractivity contribution in [2.45, 2.75) is 26.7 Å². The predicted octanol–water partition coefficient (Wildman–Crippen LogP) is 1.03. The van der Waals surface area contributed by atoms with Gasteiger partial charge in [-0.05, 0) is 20.3 Å². The number of allylic oxidation sites excluding steroid dienone is 1. The van der Waals surface area contributed by atoms with Crippen molar-refractivity contribution in [2.24, 2.45) is 0 Å². The Morgan fingerprint density at radius 1 is 1.62 bits per heavy atom. The highest BCUT2D eigenvalue weighted by atomic mass is 16.7. The zero-order chi connectivity index (χ0) is 9.84. The fourth-order valence-electron chi connectivity index (χ4n) is 1.01. The fourth-order valence-corrected chi connectivity index (χ4v) is 1.01. The van der Waals surface area contributed by atoms with Gasteiger partial charge < -0.3 is 4.84 Å². The molecule has 0 aromatic heterocycles. The number of hydroxylamine groups is 2. The van der Waals surface area contributed by atoms with Crippen molar-refractivity contribution >= 4 is 11.9 Å². The molecule has 1 amide bonds. The Morgan fingerprint density at radius 2 is 2.31 bits per heavy atom. The molecule has 1 rings (SSSR count). The van der Waals surface area contributed by atoms with Gasteiger partial charge >= 0.3 is 5.97 Å². The third kappa shape index (κ3) is 2.31. The maximum absolute atomic E-state index is 11.2. The highest BCUT2D eigenvalue weighted by Crippen LogP contribution is 2.11. The lowest BCUT2D eigenvalue weighted by atomic mass is 10.3. The first kappa shape index (κ1) is 9.77. The molecule has 0 bridgehead atoms. The van der Waals surface area contributed by atoms with Crippen LogP contribution in [0.25, 0.3) is 0 Å². The normalized spacial score (nSPS) is 17.8. The van der Waals surface area contributed by atoms with Crippen molar-refractivity contribution in [1.82, 2.24) is 5.06 Å². The number of nitrogens with zero attached hydrogens (tertiary/aromatic N) is 1. The molecule has 1 aliphatic heterocycles. The van der Waals surface area contributed by atoms with Gasteiger partial charge in [0.25, 0.3) is 5.91 Å². The van der Waals surface area contributed by atoms with Crippen molar-refractivity contribution in [3.63, 3.8) is 0 Å². The number of rotatable bonds is 2. The van der Waals surface area contributed by atoms with Crippen molar-refractivity contribution in [2.75, 3.05) is 6.54 Å². The molecule has 0 aromatic carbocycles. The Balaban J connectivity index is 2.49. The Labute approximate surface area is 77.1 Å². The minimum Gasteiger partial charge on any atom is -0.333 e. The molecule has 0 radical (unpaired) electrons. The van der Waals surface area contributed by atoms with Gasteiger partial charge in [0.05, 0.1) is 6.54 Å². The van der Waals surface area contributed by atoms with Gasteiger partial charge in [-0.2, -0.15) is 5.06 Å². The molecule has 13 heavy (non-hydrogen) atoms. The quantitative estimate of drug-likeness (QED) is 0.601. The number of hydrogen-bond donors (Lipinski definition) is 0. The minimum atomic E-state index is -0.447. The first-order valence-electron chi connectivity index (χ1n) is 4.30. The first-order valence-corrected chi connectivity index (χ1v) is 4.30. The average Bonchev–Trinajstić information content (AvgIpc) is 2.50. The summed E-state index contributed by atoms with van der Waals surface area (Å²) in [6, 6.07) is 0. The van der Waals surface area contributed by atoms with Crippen LogP contribution in [0, 0.1) is 0 Å². The summed E-state index contributed by atoms with van der Waals surface area (Å²) in [6.45, 7) is 3.92. The van der Waals surface area contributed by atoms with Crippen LogP contribution in [0.2, 0.25) is 0 Å². The summed E-state index contributed by atoms with van der Waals surface area (Å²) >= 11 is 0. The van der Waals surface area contributed by atoms with Gasteiger partial charge in [-0.3, -0.25) is 4.79 Å². The summed E-state index contributed by atoms with van der Waals surface area (Å²) < 4.78 is 0. The molecule has 1 heterocycles. The Kier molecular flexibility index (Phi) is 3.06. The van der Waals surface area contributed by atoms with Gasteiger partial charge in [0.15, 0.2) is 0 Å². The molecule has 0 unspecified atom stereocenters. The smallest absolute Gasteiger partial charge is 0.333 e. The zero-order valence-corrected chi connectivity index (χ0v) is 7.87. The lowest BCUT2D eigenvalue weighted by Crippen LogP contribution is -2.28. The topological polar surface area (TPSA) is 46.6 Å². The summed E-state index contributed by atoms with van der Waals surface area (Å²) in [7, 11) is 0. The van der Waals surface area contributed by atoms with Crippen molar-refractivity contribution in [1.29, 1.82) is 0 Å². The molecule has 0 N–H and O–H groups in total. The SMILES string of the molecule is CC=C(C)C(=O)ON1CCCC1=O. The third-order valence-electron chi connectivity index (χ3n) is 1.98. The van der Waals surface area contributed by atoms with Crippen LogP contribution in [-0.2, 0) is 14.4 Å². The molecular weight excluding hydrogens is 170 g/mol. The van der Waals surface area contributed by atoms with Gasteiger partial charge in [-0.15, -0.1) is 0 Å². The molecule has 0 aliphatic carbocycles. The summed E-state index contributed by atoms with van der Waals surface area (Å²) in [5.41, 5.74) is 0.514. The molecule has 1 saturated heterocycles. The van der Waals surface area contributed by atoms with Gasteiger partial charge in [-0.1, -0.05) is 6.08 Å². The van der Waals surface area contributed by atoms with E-state index in [1.165, 1.54) is 0 Å². The summed E-state index contributed by atoms with van der Waals surface area (Å²) in [6.07, 6.45) is 2.89. The molecular formula is C9H13NO3. The molecule has 72 valence electrons. The molecule has 0 aromatic rings. The van der Waals surface area contributed by atoms with E-state index in [0.29, 0.717) is 18.5 Å². The highest BCUT2D eigenvalue weighted by Gasteiger charge is 2.24. The Hall–Kier alpha value is -1.32.